The van der Waals surface area contributed by atoms with E-state index in [2.05, 4.69) is 0 Å². The van der Waals surface area contributed by atoms with E-state index in [9.17, 15) is 14.7 Å². The van der Waals surface area contributed by atoms with Crippen molar-refractivity contribution in [2.45, 2.75) is 32.9 Å². The van der Waals surface area contributed by atoms with Gasteiger partial charge in [0.25, 0.3) is 11.7 Å². The van der Waals surface area contributed by atoms with Gasteiger partial charge in [0, 0.05) is 5.56 Å². The van der Waals surface area contributed by atoms with Gasteiger partial charge < -0.3 is 19.2 Å². The number of carbonyl (C=O) groups is 2. The highest BCUT2D eigenvalue weighted by molar-refractivity contribution is 6.46. The molecule has 6 nitrogen and oxygen atoms in total. The van der Waals surface area contributed by atoms with Crippen molar-refractivity contribution in [1.82, 2.24) is 4.90 Å². The Morgan fingerprint density at radius 2 is 1.88 bits per heavy atom. The smallest absolute Gasteiger partial charge is 0.296 e. The van der Waals surface area contributed by atoms with Gasteiger partial charge in [-0.05, 0) is 54.8 Å². The molecule has 0 saturated carbocycles. The Morgan fingerprint density at radius 3 is 2.53 bits per heavy atom. The van der Waals surface area contributed by atoms with E-state index in [1.807, 2.05) is 44.2 Å². The van der Waals surface area contributed by atoms with Crippen LogP contribution < -0.4 is 4.74 Å². The Labute approximate surface area is 186 Å². The van der Waals surface area contributed by atoms with Crippen molar-refractivity contribution < 1.29 is 23.8 Å². The van der Waals surface area contributed by atoms with Gasteiger partial charge in [0.2, 0.25) is 0 Å². The molecule has 1 unspecified atom stereocenters. The zero-order chi connectivity index (χ0) is 22.7. The fraction of sp³-hybridized carbons (Fsp3) is 0.231. The Bertz CT molecular complexity index is 1150. The molecule has 4 rings (SSSR count). The molecule has 1 atom stereocenters. The van der Waals surface area contributed by atoms with Crippen molar-refractivity contribution in [2.24, 2.45) is 0 Å². The van der Waals surface area contributed by atoms with E-state index in [1.165, 1.54) is 11.2 Å². The molecule has 2 heterocycles. The highest BCUT2D eigenvalue weighted by Gasteiger charge is 2.46. The molecular weight excluding hydrogens is 406 g/mol. The lowest BCUT2D eigenvalue weighted by atomic mass is 9.95. The summed E-state index contributed by atoms with van der Waals surface area (Å²) >= 11 is 0. The van der Waals surface area contributed by atoms with Gasteiger partial charge in [-0.15, -0.1) is 0 Å². The maximum absolute atomic E-state index is 13.1. The molecule has 2 aromatic carbocycles. The molecule has 6 heteroatoms. The van der Waals surface area contributed by atoms with Crippen LogP contribution in [-0.4, -0.2) is 28.3 Å². The third-order valence-electron chi connectivity index (χ3n) is 5.47. The van der Waals surface area contributed by atoms with Crippen LogP contribution in [0.5, 0.6) is 5.75 Å². The lowest BCUT2D eigenvalue weighted by Gasteiger charge is -2.24. The number of benzene rings is 2. The number of carbonyl (C=O) groups excluding carboxylic acids is 2. The first-order valence-electron chi connectivity index (χ1n) is 10.6. The number of amides is 1. The summed E-state index contributed by atoms with van der Waals surface area (Å²) in [5, 5.41) is 11.2. The Hall–Kier alpha value is -3.80. The van der Waals surface area contributed by atoms with Crippen molar-refractivity contribution in [3.05, 3.63) is 95.0 Å². The van der Waals surface area contributed by atoms with Crippen molar-refractivity contribution in [3.8, 4) is 5.75 Å². The van der Waals surface area contributed by atoms with Gasteiger partial charge in [-0.1, -0.05) is 37.3 Å². The quantitative estimate of drug-likeness (QED) is 0.324. The molecule has 1 amide bonds. The standard InChI is InChI=1S/C26H25NO5/c1-3-13-32-21-12-11-19(15-17(21)2)24(28)22-23(18-8-5-4-6-9-18)27(26(30)25(22)29)16-20-10-7-14-31-20/h4-12,14-15,23,28H,3,13,16H2,1-2H3/b24-22-. The molecular formula is C26H25NO5. The van der Waals surface area contributed by atoms with E-state index in [0.29, 0.717) is 17.9 Å². The number of aliphatic hydroxyl groups excluding tert-OH is 1. The molecule has 1 aliphatic heterocycles. The number of likely N-dealkylation sites (tertiary alicyclic amines) is 1. The number of hydrogen-bond acceptors (Lipinski definition) is 5. The van der Waals surface area contributed by atoms with Crippen molar-refractivity contribution in [3.63, 3.8) is 0 Å². The van der Waals surface area contributed by atoms with E-state index in [-0.39, 0.29) is 17.9 Å². The number of aryl methyl sites for hydroxylation is 1. The first kappa shape index (κ1) is 21.4. The van der Waals surface area contributed by atoms with Crippen molar-refractivity contribution in [1.29, 1.82) is 0 Å². The fourth-order valence-corrected chi connectivity index (χ4v) is 3.92. The molecule has 3 aromatic rings. The minimum atomic E-state index is -0.724. The van der Waals surface area contributed by atoms with E-state index in [4.69, 9.17) is 9.15 Å². The first-order valence-corrected chi connectivity index (χ1v) is 10.6. The largest absolute Gasteiger partial charge is 0.507 e. The molecule has 0 radical (unpaired) electrons. The average Bonchev–Trinajstić information content (AvgIpc) is 3.41. The average molecular weight is 431 g/mol. The van der Waals surface area contributed by atoms with Gasteiger partial charge in [-0.3, -0.25) is 9.59 Å². The van der Waals surface area contributed by atoms with E-state index >= 15 is 0 Å². The minimum Gasteiger partial charge on any atom is -0.507 e. The van der Waals surface area contributed by atoms with E-state index in [1.54, 1.807) is 30.3 Å². The van der Waals surface area contributed by atoms with Crippen LogP contribution in [0.3, 0.4) is 0 Å². The normalized spacial score (nSPS) is 17.7. The topological polar surface area (TPSA) is 80.0 Å². The number of Topliss-reactive ketones (excluding diaryl/α,β-unsaturated/α-hetero) is 1. The van der Waals surface area contributed by atoms with Crippen LogP contribution in [0.4, 0.5) is 0 Å². The molecule has 1 aromatic heterocycles. The molecule has 0 bridgehead atoms. The summed E-state index contributed by atoms with van der Waals surface area (Å²) in [4.78, 5) is 27.5. The maximum atomic E-state index is 13.1. The van der Waals surface area contributed by atoms with Gasteiger partial charge in [-0.2, -0.15) is 0 Å². The van der Waals surface area contributed by atoms with Crippen LogP contribution in [0.25, 0.3) is 5.76 Å². The van der Waals surface area contributed by atoms with E-state index < -0.39 is 17.7 Å². The molecule has 32 heavy (non-hydrogen) atoms. The van der Waals surface area contributed by atoms with Gasteiger partial charge in [-0.25, -0.2) is 0 Å². The fourth-order valence-electron chi connectivity index (χ4n) is 3.92. The second-order valence-electron chi connectivity index (χ2n) is 7.75. The van der Waals surface area contributed by atoms with Gasteiger partial charge in [0.05, 0.1) is 31.0 Å². The molecule has 1 aliphatic rings. The number of aliphatic hydroxyl groups is 1. The van der Waals surface area contributed by atoms with Crippen LogP contribution in [-0.2, 0) is 16.1 Å². The van der Waals surface area contributed by atoms with Gasteiger partial charge in [0.1, 0.15) is 17.3 Å². The van der Waals surface area contributed by atoms with Crippen molar-refractivity contribution in [2.75, 3.05) is 6.61 Å². The molecule has 164 valence electrons. The second-order valence-corrected chi connectivity index (χ2v) is 7.75. The molecule has 1 saturated heterocycles. The number of hydrogen-bond donors (Lipinski definition) is 1. The number of rotatable bonds is 7. The summed E-state index contributed by atoms with van der Waals surface area (Å²) in [5.74, 6) is -0.310. The zero-order valence-corrected chi connectivity index (χ0v) is 18.1. The zero-order valence-electron chi connectivity index (χ0n) is 18.1. The molecule has 1 N–H and O–H groups in total. The van der Waals surface area contributed by atoms with Crippen molar-refractivity contribution >= 4 is 17.4 Å². The molecule has 0 aliphatic carbocycles. The van der Waals surface area contributed by atoms with Gasteiger partial charge in [0.15, 0.2) is 0 Å². The number of nitrogens with zero attached hydrogens (tertiary/aromatic N) is 1. The van der Waals surface area contributed by atoms with Crippen LogP contribution in [0.2, 0.25) is 0 Å². The highest BCUT2D eigenvalue weighted by Crippen LogP contribution is 2.40. The SMILES string of the molecule is CCCOc1ccc(/C(O)=C2/C(=O)C(=O)N(Cc3ccco3)C2c2ccccc2)cc1C. The Balaban J connectivity index is 1.79. The highest BCUT2D eigenvalue weighted by atomic mass is 16.5. The van der Waals surface area contributed by atoms with E-state index in [0.717, 1.165) is 23.3 Å². The third kappa shape index (κ3) is 4.04. The number of ketones is 1. The van der Waals surface area contributed by atoms with Crippen LogP contribution in [0, 0.1) is 6.92 Å². The minimum absolute atomic E-state index is 0.0642. The third-order valence-corrected chi connectivity index (χ3v) is 5.47. The predicted octanol–water partition coefficient (Wildman–Crippen LogP) is 5.00. The molecule has 0 spiro atoms. The lowest BCUT2D eigenvalue weighted by Crippen LogP contribution is -2.29. The predicted molar refractivity (Wildman–Crippen MR) is 120 cm³/mol. The van der Waals surface area contributed by atoms with Crippen LogP contribution in [0.15, 0.2) is 76.9 Å². The van der Waals surface area contributed by atoms with Crippen LogP contribution >= 0.6 is 0 Å². The Morgan fingerprint density at radius 1 is 1.09 bits per heavy atom. The van der Waals surface area contributed by atoms with Gasteiger partial charge >= 0.3 is 0 Å². The number of ether oxygens (including phenoxy) is 1. The Kier molecular flexibility index (Phi) is 6.12. The summed E-state index contributed by atoms with van der Waals surface area (Å²) in [6.07, 6.45) is 2.41. The summed E-state index contributed by atoms with van der Waals surface area (Å²) < 4.78 is 11.1. The molecule has 1 fully saturated rings. The summed E-state index contributed by atoms with van der Waals surface area (Å²) in [6, 6.07) is 17.2. The summed E-state index contributed by atoms with van der Waals surface area (Å²) in [5.41, 5.74) is 2.10. The summed E-state index contributed by atoms with van der Waals surface area (Å²) in [6.45, 7) is 4.63. The maximum Gasteiger partial charge on any atom is 0.296 e. The monoisotopic (exact) mass is 431 g/mol. The summed E-state index contributed by atoms with van der Waals surface area (Å²) in [7, 11) is 0. The second kappa shape index (κ2) is 9.14. The van der Waals surface area contributed by atoms with Crippen LogP contribution in [0.1, 0.15) is 41.8 Å². The number of furan rings is 1. The first-order chi connectivity index (χ1) is 15.5. The lowest BCUT2D eigenvalue weighted by molar-refractivity contribution is -0.140.